The average Bonchev–Trinajstić information content (AvgIpc) is 2.45. The van der Waals surface area contributed by atoms with Crippen LogP contribution < -0.4 is 10.9 Å². The topological polar surface area (TPSA) is 0 Å². The van der Waals surface area contributed by atoms with Crippen molar-refractivity contribution in [2.45, 2.75) is 12.4 Å². The van der Waals surface area contributed by atoms with E-state index in [0.29, 0.717) is 12.1 Å². The van der Waals surface area contributed by atoms with Crippen LogP contribution in [-0.2, 0) is 12.4 Å². The van der Waals surface area contributed by atoms with E-state index >= 15 is 0 Å². The Hall–Kier alpha value is -1.99. The molecule has 0 N–H and O–H groups in total. The van der Waals surface area contributed by atoms with Crippen LogP contribution in [0.4, 0.5) is 30.7 Å². The molecule has 2 aromatic carbocycles. The highest BCUT2D eigenvalue weighted by atomic mass is 19.4. The summed E-state index contributed by atoms with van der Waals surface area (Å²) in [6.07, 6.45) is -9.30. The molecule has 116 valence electrons. The van der Waals surface area contributed by atoms with E-state index in [9.17, 15) is 30.7 Å². The van der Waals surface area contributed by atoms with E-state index in [-0.39, 0.29) is 10.9 Å². The minimum Gasteiger partial charge on any atom is -0.322 e. The predicted octanol–water partition coefficient (Wildman–Crippen LogP) is 3.80. The standard InChI is InChI=1S/C14H8BF7/c16-13(17,18)9-3-1-5-11(7-9)15(22)12-6-2-4-10(8-12)14(19,20)21/h1-8H. The maximum absolute atomic E-state index is 14.3. The van der Waals surface area contributed by atoms with Gasteiger partial charge in [0.15, 0.2) is 0 Å². The number of benzene rings is 2. The molecule has 0 radical (unpaired) electrons. The van der Waals surface area contributed by atoms with Crippen LogP contribution in [0.5, 0.6) is 0 Å². The third-order valence-corrected chi connectivity index (χ3v) is 3.01. The van der Waals surface area contributed by atoms with Crippen LogP contribution in [0.2, 0.25) is 0 Å². The molecule has 0 nitrogen and oxygen atoms in total. The van der Waals surface area contributed by atoms with Gasteiger partial charge in [0.1, 0.15) is 0 Å². The fourth-order valence-electron chi connectivity index (χ4n) is 1.94. The average molecular weight is 320 g/mol. The molecular weight excluding hydrogens is 312 g/mol. The molecule has 0 aliphatic carbocycles. The largest absolute Gasteiger partial charge is 0.416 e. The molecule has 22 heavy (non-hydrogen) atoms. The summed E-state index contributed by atoms with van der Waals surface area (Å²) >= 11 is 0. The first-order valence-corrected chi connectivity index (χ1v) is 6.07. The summed E-state index contributed by atoms with van der Waals surface area (Å²) in [5.74, 6) is 0. The zero-order valence-electron chi connectivity index (χ0n) is 10.8. The van der Waals surface area contributed by atoms with Gasteiger partial charge in [0, 0.05) is 0 Å². The molecule has 8 heteroatoms. The Morgan fingerprint density at radius 2 is 1.00 bits per heavy atom. The van der Waals surface area contributed by atoms with E-state index in [4.69, 9.17) is 0 Å². The third kappa shape index (κ3) is 3.61. The summed E-state index contributed by atoms with van der Waals surface area (Å²) < 4.78 is 89.8. The SMILES string of the molecule is FB(c1cccc(C(F)(F)F)c1)c1cccc(C(F)(F)F)c1. The Morgan fingerprint density at radius 3 is 1.32 bits per heavy atom. The van der Waals surface area contributed by atoms with Gasteiger partial charge in [-0.25, -0.2) is 0 Å². The first kappa shape index (κ1) is 16.4. The van der Waals surface area contributed by atoms with Gasteiger partial charge in [0.05, 0.1) is 11.1 Å². The Morgan fingerprint density at radius 1 is 0.636 bits per heavy atom. The van der Waals surface area contributed by atoms with Crippen molar-refractivity contribution >= 4 is 17.9 Å². The first-order valence-electron chi connectivity index (χ1n) is 6.07. The van der Waals surface area contributed by atoms with Gasteiger partial charge in [-0.05, 0) is 10.9 Å². The Bertz CT molecular complexity index is 603. The van der Waals surface area contributed by atoms with Crippen molar-refractivity contribution in [2.75, 3.05) is 0 Å². The lowest BCUT2D eigenvalue weighted by molar-refractivity contribution is -0.138. The molecule has 0 atom stereocenters. The summed E-state index contributed by atoms with van der Waals surface area (Å²) in [7, 11) is 0. The van der Waals surface area contributed by atoms with Crippen LogP contribution >= 0.6 is 0 Å². The Labute approximate surface area is 121 Å². The fourth-order valence-corrected chi connectivity index (χ4v) is 1.94. The summed E-state index contributed by atoms with van der Waals surface area (Å²) in [5.41, 5.74) is -2.82. The molecule has 0 aliphatic rings. The van der Waals surface area contributed by atoms with Crippen LogP contribution in [0.3, 0.4) is 0 Å². The molecule has 0 amide bonds. The van der Waals surface area contributed by atoms with E-state index < -0.39 is 30.5 Å². The van der Waals surface area contributed by atoms with Crippen molar-refractivity contribution in [1.29, 1.82) is 0 Å². The second-order valence-electron chi connectivity index (χ2n) is 4.61. The van der Waals surface area contributed by atoms with Crippen LogP contribution in [0.15, 0.2) is 48.5 Å². The van der Waals surface area contributed by atoms with Gasteiger partial charge in [-0.15, -0.1) is 0 Å². The molecule has 0 heterocycles. The Kier molecular flexibility index (Phi) is 4.22. The van der Waals surface area contributed by atoms with Crippen LogP contribution in [0.25, 0.3) is 0 Å². The maximum atomic E-state index is 14.3. The fraction of sp³-hybridized carbons (Fsp3) is 0.143. The third-order valence-electron chi connectivity index (χ3n) is 3.01. The van der Waals surface area contributed by atoms with Crippen molar-refractivity contribution in [2.24, 2.45) is 0 Å². The predicted molar refractivity (Wildman–Crippen MR) is 69.0 cm³/mol. The van der Waals surface area contributed by atoms with Gasteiger partial charge in [0.2, 0.25) is 0 Å². The summed E-state index contributed by atoms with van der Waals surface area (Å²) in [6.45, 7) is -2.08. The van der Waals surface area contributed by atoms with E-state index in [2.05, 4.69) is 0 Å². The van der Waals surface area contributed by atoms with Crippen molar-refractivity contribution in [3.8, 4) is 0 Å². The number of alkyl halides is 6. The number of halogens is 7. The van der Waals surface area contributed by atoms with Crippen molar-refractivity contribution < 1.29 is 30.7 Å². The van der Waals surface area contributed by atoms with Gasteiger partial charge in [-0.1, -0.05) is 48.5 Å². The minimum absolute atomic E-state index is 0.353. The van der Waals surface area contributed by atoms with E-state index in [1.165, 1.54) is 0 Å². The first-order chi connectivity index (χ1) is 10.1. The van der Waals surface area contributed by atoms with E-state index in [0.717, 1.165) is 36.4 Å². The number of hydrogen-bond donors (Lipinski definition) is 0. The molecule has 2 aromatic rings. The monoisotopic (exact) mass is 320 g/mol. The minimum atomic E-state index is -4.65. The quantitative estimate of drug-likeness (QED) is 0.583. The van der Waals surface area contributed by atoms with Crippen molar-refractivity contribution in [3.63, 3.8) is 0 Å². The smallest absolute Gasteiger partial charge is 0.322 e. The summed E-state index contributed by atoms with van der Waals surface area (Å²) in [6, 6.07) is 6.93. The number of rotatable bonds is 2. The highest BCUT2D eigenvalue weighted by Gasteiger charge is 2.34. The molecule has 0 saturated heterocycles. The van der Waals surface area contributed by atoms with Gasteiger partial charge < -0.3 is 4.32 Å². The molecule has 0 aliphatic heterocycles. The summed E-state index contributed by atoms with van der Waals surface area (Å²) in [4.78, 5) is 0. The maximum Gasteiger partial charge on any atom is 0.416 e. The van der Waals surface area contributed by atoms with Crippen LogP contribution in [0.1, 0.15) is 11.1 Å². The second kappa shape index (κ2) is 5.66. The van der Waals surface area contributed by atoms with Crippen LogP contribution in [0, 0.1) is 0 Å². The zero-order chi connectivity index (χ0) is 16.5. The van der Waals surface area contributed by atoms with Gasteiger partial charge in [0.25, 0.3) is 0 Å². The molecule has 0 unspecified atom stereocenters. The van der Waals surface area contributed by atoms with Crippen molar-refractivity contribution in [3.05, 3.63) is 59.7 Å². The van der Waals surface area contributed by atoms with E-state index in [1.807, 2.05) is 0 Å². The van der Waals surface area contributed by atoms with Gasteiger partial charge in [-0.2, -0.15) is 26.3 Å². The van der Waals surface area contributed by atoms with Crippen LogP contribution in [-0.4, -0.2) is 6.99 Å². The molecule has 2 rings (SSSR count). The molecule has 0 saturated carbocycles. The van der Waals surface area contributed by atoms with Gasteiger partial charge >= 0.3 is 19.3 Å². The molecule has 0 spiro atoms. The molecule has 0 fully saturated rings. The summed E-state index contributed by atoms with van der Waals surface area (Å²) in [5, 5.41) is 0. The normalized spacial score (nSPS) is 12.3. The molecule has 0 bridgehead atoms. The lowest BCUT2D eigenvalue weighted by atomic mass is 9.58. The van der Waals surface area contributed by atoms with E-state index in [1.54, 1.807) is 0 Å². The highest BCUT2D eigenvalue weighted by Crippen LogP contribution is 2.29. The Balaban J connectivity index is 2.38. The number of hydrogen-bond acceptors (Lipinski definition) is 0. The van der Waals surface area contributed by atoms with Crippen molar-refractivity contribution in [1.82, 2.24) is 0 Å². The lowest BCUT2D eigenvalue weighted by Crippen LogP contribution is -2.39. The molecule has 0 aromatic heterocycles. The molecular formula is C14H8BF7. The van der Waals surface area contributed by atoms with Gasteiger partial charge in [-0.3, -0.25) is 0 Å². The second-order valence-corrected chi connectivity index (χ2v) is 4.61. The highest BCUT2D eigenvalue weighted by molar-refractivity contribution is 6.79. The lowest BCUT2D eigenvalue weighted by Gasteiger charge is -2.12. The zero-order valence-corrected chi connectivity index (χ0v) is 10.8.